The lowest BCUT2D eigenvalue weighted by Gasteiger charge is -2.32. The van der Waals surface area contributed by atoms with Crippen LogP contribution in [0.25, 0.3) is 0 Å². The van der Waals surface area contributed by atoms with E-state index < -0.39 is 38.2 Å². The molecular formula is C16H22F3N3O6S2. The summed E-state index contributed by atoms with van der Waals surface area (Å²) in [5.74, 6) is -0.898. The first-order valence-corrected chi connectivity index (χ1v) is 12.2. The molecule has 1 fully saturated rings. The van der Waals surface area contributed by atoms with Crippen LogP contribution in [0, 0.1) is 0 Å². The molecule has 1 atom stereocenters. The van der Waals surface area contributed by atoms with Gasteiger partial charge in [-0.25, -0.2) is 26.3 Å². The number of nitrogens with one attached hydrogen (secondary N) is 2. The van der Waals surface area contributed by atoms with Gasteiger partial charge in [0.1, 0.15) is 5.75 Å². The number of ether oxygens (including phenoxy) is 1. The number of piperidine rings is 1. The van der Waals surface area contributed by atoms with Crippen LogP contribution in [0.4, 0.5) is 13.2 Å². The standard InChI is InChI=1S/C16H22F3N3O6S2/c1-29(24,25)21-12-3-2-10-22(11-12)15(23)8-9-20-30(26,27)14-6-4-13(5-7-14)28-16(17,18)19/h4-7,12,20-21H,2-3,8-11H2,1H3. The minimum atomic E-state index is -4.89. The number of benzene rings is 1. The summed E-state index contributed by atoms with van der Waals surface area (Å²) in [5, 5.41) is 0. The van der Waals surface area contributed by atoms with E-state index in [1.165, 1.54) is 4.90 Å². The fraction of sp³-hybridized carbons (Fsp3) is 0.562. The predicted molar refractivity (Wildman–Crippen MR) is 101 cm³/mol. The van der Waals surface area contributed by atoms with E-state index >= 15 is 0 Å². The smallest absolute Gasteiger partial charge is 0.406 e. The average Bonchev–Trinajstić information content (AvgIpc) is 2.59. The van der Waals surface area contributed by atoms with Crippen molar-refractivity contribution in [2.45, 2.75) is 36.6 Å². The molecule has 0 spiro atoms. The van der Waals surface area contributed by atoms with E-state index in [1.54, 1.807) is 0 Å². The van der Waals surface area contributed by atoms with Crippen LogP contribution in [0.3, 0.4) is 0 Å². The van der Waals surface area contributed by atoms with Gasteiger partial charge in [-0.3, -0.25) is 4.79 Å². The van der Waals surface area contributed by atoms with E-state index in [1.807, 2.05) is 0 Å². The predicted octanol–water partition coefficient (Wildman–Crippen LogP) is 0.794. The van der Waals surface area contributed by atoms with E-state index in [0.717, 1.165) is 30.5 Å². The number of hydrogen-bond donors (Lipinski definition) is 2. The van der Waals surface area contributed by atoms with Gasteiger partial charge in [0.05, 0.1) is 11.2 Å². The highest BCUT2D eigenvalue weighted by Gasteiger charge is 2.31. The van der Waals surface area contributed by atoms with Gasteiger partial charge < -0.3 is 9.64 Å². The molecule has 1 unspecified atom stereocenters. The third-order valence-corrected chi connectivity index (χ3v) is 6.39. The van der Waals surface area contributed by atoms with Crippen molar-refractivity contribution < 1.29 is 39.5 Å². The molecule has 1 saturated heterocycles. The van der Waals surface area contributed by atoms with Gasteiger partial charge in [-0.2, -0.15) is 0 Å². The zero-order valence-electron chi connectivity index (χ0n) is 16.0. The maximum atomic E-state index is 12.3. The number of halogens is 3. The van der Waals surface area contributed by atoms with E-state index in [-0.39, 0.29) is 30.3 Å². The number of carbonyl (C=O) groups is 1. The Kier molecular flexibility index (Phi) is 7.71. The van der Waals surface area contributed by atoms with E-state index in [0.29, 0.717) is 19.4 Å². The lowest BCUT2D eigenvalue weighted by molar-refractivity contribution is -0.274. The van der Waals surface area contributed by atoms with Gasteiger partial charge in [-0.15, -0.1) is 13.2 Å². The Labute approximate surface area is 172 Å². The van der Waals surface area contributed by atoms with Crippen molar-refractivity contribution in [3.63, 3.8) is 0 Å². The number of rotatable bonds is 8. The highest BCUT2D eigenvalue weighted by atomic mass is 32.2. The van der Waals surface area contributed by atoms with Crippen LogP contribution >= 0.6 is 0 Å². The van der Waals surface area contributed by atoms with E-state index in [4.69, 9.17) is 0 Å². The van der Waals surface area contributed by atoms with Crippen molar-refractivity contribution in [3.8, 4) is 5.75 Å². The Morgan fingerprint density at radius 2 is 1.83 bits per heavy atom. The fourth-order valence-corrected chi connectivity index (χ4v) is 4.79. The van der Waals surface area contributed by atoms with Gasteiger partial charge in [0.2, 0.25) is 26.0 Å². The maximum absolute atomic E-state index is 12.3. The molecule has 9 nitrogen and oxygen atoms in total. The largest absolute Gasteiger partial charge is 0.573 e. The van der Waals surface area contributed by atoms with Gasteiger partial charge in [0.25, 0.3) is 0 Å². The molecule has 0 radical (unpaired) electrons. The molecule has 0 aromatic heterocycles. The molecule has 1 aromatic rings. The zero-order valence-corrected chi connectivity index (χ0v) is 17.6. The number of alkyl halides is 3. The number of likely N-dealkylation sites (tertiary alicyclic amines) is 1. The van der Waals surface area contributed by atoms with Crippen molar-refractivity contribution in [1.82, 2.24) is 14.3 Å². The second-order valence-corrected chi connectivity index (χ2v) is 10.3. The Hall–Kier alpha value is -1.90. The van der Waals surface area contributed by atoms with Crippen molar-refractivity contribution in [2.75, 3.05) is 25.9 Å². The maximum Gasteiger partial charge on any atom is 0.573 e. The van der Waals surface area contributed by atoms with Crippen LogP contribution in [0.1, 0.15) is 19.3 Å². The minimum absolute atomic E-state index is 0.153. The van der Waals surface area contributed by atoms with Crippen LogP contribution < -0.4 is 14.2 Å². The van der Waals surface area contributed by atoms with Crippen LogP contribution in [-0.2, 0) is 24.8 Å². The summed E-state index contributed by atoms with van der Waals surface area (Å²) in [6, 6.07) is 3.26. The van der Waals surface area contributed by atoms with Crippen LogP contribution in [0.5, 0.6) is 5.75 Å². The van der Waals surface area contributed by atoms with Crippen molar-refractivity contribution >= 4 is 26.0 Å². The molecule has 1 amide bonds. The van der Waals surface area contributed by atoms with Crippen LogP contribution in [0.15, 0.2) is 29.2 Å². The Morgan fingerprint density at radius 3 is 2.40 bits per heavy atom. The summed E-state index contributed by atoms with van der Waals surface area (Å²) in [6.07, 6.45) is -2.80. The van der Waals surface area contributed by atoms with Crippen molar-refractivity contribution in [1.29, 1.82) is 0 Å². The fourth-order valence-electron chi connectivity index (χ4n) is 2.96. The first-order valence-electron chi connectivity index (χ1n) is 8.86. The molecule has 1 aliphatic heterocycles. The molecule has 1 aromatic carbocycles. The first-order chi connectivity index (χ1) is 13.8. The Bertz CT molecular complexity index is 949. The molecule has 1 heterocycles. The number of hydrogen-bond acceptors (Lipinski definition) is 6. The Balaban J connectivity index is 1.86. The second-order valence-electron chi connectivity index (χ2n) is 6.74. The number of sulfonamides is 2. The summed E-state index contributed by atoms with van der Waals surface area (Å²) in [4.78, 5) is 13.5. The highest BCUT2D eigenvalue weighted by Crippen LogP contribution is 2.23. The monoisotopic (exact) mass is 473 g/mol. The second kappa shape index (κ2) is 9.49. The Morgan fingerprint density at radius 1 is 1.20 bits per heavy atom. The van der Waals surface area contributed by atoms with Gasteiger partial charge in [0.15, 0.2) is 0 Å². The molecule has 30 heavy (non-hydrogen) atoms. The lowest BCUT2D eigenvalue weighted by atomic mass is 10.1. The molecule has 2 rings (SSSR count). The molecule has 0 saturated carbocycles. The minimum Gasteiger partial charge on any atom is -0.406 e. The lowest BCUT2D eigenvalue weighted by Crippen LogP contribution is -2.49. The highest BCUT2D eigenvalue weighted by molar-refractivity contribution is 7.89. The molecule has 2 N–H and O–H groups in total. The average molecular weight is 473 g/mol. The first kappa shape index (κ1) is 24.4. The summed E-state index contributed by atoms with van der Waals surface area (Å²) in [6.45, 7) is 0.413. The zero-order chi connectivity index (χ0) is 22.6. The topological polar surface area (TPSA) is 122 Å². The van der Waals surface area contributed by atoms with Gasteiger partial charge >= 0.3 is 6.36 Å². The van der Waals surface area contributed by atoms with Gasteiger partial charge in [0, 0.05) is 32.1 Å². The van der Waals surface area contributed by atoms with Crippen molar-refractivity contribution in [3.05, 3.63) is 24.3 Å². The summed E-state index contributed by atoms with van der Waals surface area (Å²) in [7, 11) is -7.44. The SMILES string of the molecule is CS(=O)(=O)NC1CCCN(C(=O)CCNS(=O)(=O)c2ccc(OC(F)(F)F)cc2)C1. The summed E-state index contributed by atoms with van der Waals surface area (Å²) in [5.41, 5.74) is 0. The molecular weight excluding hydrogens is 451 g/mol. The molecule has 14 heteroatoms. The number of amides is 1. The van der Waals surface area contributed by atoms with Crippen molar-refractivity contribution in [2.24, 2.45) is 0 Å². The summed E-state index contributed by atoms with van der Waals surface area (Å²) < 4.78 is 91.9. The van der Waals surface area contributed by atoms with Crippen LogP contribution in [0.2, 0.25) is 0 Å². The molecule has 0 bridgehead atoms. The molecule has 170 valence electrons. The number of nitrogens with zero attached hydrogens (tertiary/aromatic N) is 1. The summed E-state index contributed by atoms with van der Waals surface area (Å²) >= 11 is 0. The third kappa shape index (κ3) is 8.08. The van der Waals surface area contributed by atoms with Gasteiger partial charge in [-0.1, -0.05) is 0 Å². The number of carbonyl (C=O) groups excluding carboxylic acids is 1. The molecule has 1 aliphatic rings. The normalized spacial score (nSPS) is 18.3. The quantitative estimate of drug-likeness (QED) is 0.576. The third-order valence-electron chi connectivity index (χ3n) is 4.15. The van der Waals surface area contributed by atoms with Gasteiger partial charge in [-0.05, 0) is 37.1 Å². The van der Waals surface area contributed by atoms with E-state index in [2.05, 4.69) is 14.2 Å². The molecule has 0 aliphatic carbocycles. The van der Waals surface area contributed by atoms with Crippen LogP contribution in [-0.4, -0.2) is 65.9 Å². The van der Waals surface area contributed by atoms with E-state index in [9.17, 15) is 34.8 Å².